The Morgan fingerprint density at radius 3 is 2.63 bits per heavy atom. The molecule has 100 valence electrons. The topological polar surface area (TPSA) is 42.9 Å². The Morgan fingerprint density at radius 1 is 1.26 bits per heavy atom. The van der Waals surface area contributed by atoms with Gasteiger partial charge in [-0.25, -0.2) is 9.97 Å². The van der Waals surface area contributed by atoms with Gasteiger partial charge in [-0.15, -0.1) is 0 Å². The molecular formula is C14H16N2OS2. The number of hydrogen-bond donors (Lipinski definition) is 1. The zero-order valence-corrected chi connectivity index (χ0v) is 12.7. The third-order valence-electron chi connectivity index (χ3n) is 2.82. The summed E-state index contributed by atoms with van der Waals surface area (Å²) in [5.74, 6) is 2.50. The Balaban J connectivity index is 2.51. The second kappa shape index (κ2) is 6.39. The average Bonchev–Trinajstić information content (AvgIpc) is 2.43. The average molecular weight is 292 g/mol. The second-order valence-corrected chi connectivity index (χ2v) is 5.76. The van der Waals surface area contributed by atoms with E-state index in [1.165, 1.54) is 0 Å². The van der Waals surface area contributed by atoms with Gasteiger partial charge >= 0.3 is 0 Å². The molecule has 0 saturated carbocycles. The summed E-state index contributed by atoms with van der Waals surface area (Å²) < 4.78 is 0. The van der Waals surface area contributed by atoms with E-state index in [0.717, 1.165) is 33.9 Å². The fourth-order valence-corrected chi connectivity index (χ4v) is 2.67. The van der Waals surface area contributed by atoms with Crippen LogP contribution in [0.5, 0.6) is 0 Å². The van der Waals surface area contributed by atoms with Crippen LogP contribution in [0.4, 0.5) is 0 Å². The minimum Gasteiger partial charge on any atom is -0.295 e. The first kappa shape index (κ1) is 14.3. The van der Waals surface area contributed by atoms with Gasteiger partial charge in [0.1, 0.15) is 0 Å². The zero-order chi connectivity index (χ0) is 13.8. The summed E-state index contributed by atoms with van der Waals surface area (Å²) in [6.45, 7) is 3.68. The number of nitrogens with zero attached hydrogens (tertiary/aromatic N) is 2. The van der Waals surface area contributed by atoms with Crippen LogP contribution >= 0.6 is 24.4 Å². The summed E-state index contributed by atoms with van der Waals surface area (Å²) in [6.07, 6.45) is 0. The maximum absolute atomic E-state index is 11.4. The normalized spacial score (nSPS) is 10.9. The maximum atomic E-state index is 11.4. The van der Waals surface area contributed by atoms with Gasteiger partial charge in [-0.3, -0.25) is 4.79 Å². The summed E-state index contributed by atoms with van der Waals surface area (Å²) >= 11 is 6.12. The van der Waals surface area contributed by atoms with E-state index in [-0.39, 0.29) is 5.78 Å². The molecule has 1 aromatic carbocycles. The number of fused-ring (bicyclic) bond motifs is 1. The number of ketones is 1. The molecule has 0 aliphatic heterocycles. The summed E-state index contributed by atoms with van der Waals surface area (Å²) in [7, 11) is 0. The molecule has 0 atom stereocenters. The molecule has 0 spiro atoms. The molecule has 0 amide bonds. The third-order valence-corrected chi connectivity index (χ3v) is 4.00. The highest BCUT2D eigenvalue weighted by molar-refractivity contribution is 7.98. The fourth-order valence-electron chi connectivity index (χ4n) is 1.79. The van der Waals surface area contributed by atoms with Crippen LogP contribution in [0.2, 0.25) is 0 Å². The lowest BCUT2D eigenvalue weighted by atomic mass is 10.1. The van der Waals surface area contributed by atoms with Crippen molar-refractivity contribution in [1.29, 1.82) is 0 Å². The Morgan fingerprint density at radius 2 is 2.00 bits per heavy atom. The van der Waals surface area contributed by atoms with Crippen molar-refractivity contribution in [2.45, 2.75) is 25.4 Å². The summed E-state index contributed by atoms with van der Waals surface area (Å²) in [5.41, 5.74) is 4.17. The van der Waals surface area contributed by atoms with E-state index in [1.807, 2.05) is 12.1 Å². The molecule has 2 aromatic rings. The Kier molecular flexibility index (Phi) is 4.82. The fraction of sp³-hybridized carbons (Fsp3) is 0.357. The van der Waals surface area contributed by atoms with Crippen LogP contribution < -0.4 is 0 Å². The molecule has 0 unspecified atom stereocenters. The highest BCUT2D eigenvalue weighted by atomic mass is 32.2. The van der Waals surface area contributed by atoms with E-state index in [1.54, 1.807) is 24.8 Å². The van der Waals surface area contributed by atoms with Gasteiger partial charge in [0, 0.05) is 17.1 Å². The van der Waals surface area contributed by atoms with Crippen LogP contribution in [0.25, 0.3) is 11.0 Å². The first-order valence-corrected chi connectivity index (χ1v) is 7.93. The van der Waals surface area contributed by atoms with Crippen LogP contribution in [0.3, 0.4) is 0 Å². The standard InChI is InChI=1S/C14H16N2OS2/c1-3-19-8-14-13(7-18)15-11-5-4-10(9(2)17)6-12(11)16-14/h4-6,18H,3,7-8H2,1-2H3. The Labute approximate surface area is 122 Å². The van der Waals surface area contributed by atoms with E-state index >= 15 is 0 Å². The molecule has 3 nitrogen and oxygen atoms in total. The first-order chi connectivity index (χ1) is 9.15. The molecule has 0 saturated heterocycles. The number of carbonyl (C=O) groups is 1. The predicted octanol–water partition coefficient (Wildman–Crippen LogP) is 3.52. The molecule has 0 N–H and O–H groups in total. The largest absolute Gasteiger partial charge is 0.295 e. The predicted molar refractivity (Wildman–Crippen MR) is 84.1 cm³/mol. The van der Waals surface area contributed by atoms with E-state index in [2.05, 4.69) is 29.5 Å². The van der Waals surface area contributed by atoms with Gasteiger partial charge in [-0.1, -0.05) is 6.92 Å². The summed E-state index contributed by atoms with van der Waals surface area (Å²) in [6, 6.07) is 5.46. The highest BCUT2D eigenvalue weighted by Crippen LogP contribution is 2.20. The number of thioether (sulfide) groups is 1. The van der Waals surface area contributed by atoms with Gasteiger partial charge in [0.2, 0.25) is 0 Å². The van der Waals surface area contributed by atoms with Gasteiger partial charge in [-0.2, -0.15) is 24.4 Å². The highest BCUT2D eigenvalue weighted by Gasteiger charge is 2.09. The minimum atomic E-state index is 0.0476. The van der Waals surface area contributed by atoms with Crippen molar-refractivity contribution in [2.75, 3.05) is 5.75 Å². The lowest BCUT2D eigenvalue weighted by Crippen LogP contribution is -2.01. The van der Waals surface area contributed by atoms with Gasteiger partial charge in [0.05, 0.1) is 22.4 Å². The van der Waals surface area contributed by atoms with Crippen LogP contribution in [-0.4, -0.2) is 21.5 Å². The monoisotopic (exact) mass is 292 g/mol. The molecule has 0 aliphatic rings. The van der Waals surface area contributed by atoms with Crippen molar-refractivity contribution in [3.63, 3.8) is 0 Å². The van der Waals surface area contributed by atoms with Crippen molar-refractivity contribution in [3.05, 3.63) is 35.2 Å². The van der Waals surface area contributed by atoms with Gasteiger partial charge in [0.15, 0.2) is 5.78 Å². The number of carbonyl (C=O) groups excluding carboxylic acids is 1. The van der Waals surface area contributed by atoms with Crippen molar-refractivity contribution < 1.29 is 4.79 Å². The molecule has 0 bridgehead atoms. The molecule has 2 rings (SSSR count). The minimum absolute atomic E-state index is 0.0476. The molecule has 19 heavy (non-hydrogen) atoms. The molecule has 5 heteroatoms. The Bertz CT molecular complexity index is 614. The van der Waals surface area contributed by atoms with Gasteiger partial charge in [-0.05, 0) is 30.9 Å². The van der Waals surface area contributed by atoms with E-state index in [9.17, 15) is 4.79 Å². The van der Waals surface area contributed by atoms with Crippen molar-refractivity contribution in [2.24, 2.45) is 0 Å². The number of Topliss-reactive ketones (excluding diaryl/α,β-unsaturated/α-hetero) is 1. The molecule has 0 aliphatic carbocycles. The van der Waals surface area contributed by atoms with Crippen LogP contribution in [0.1, 0.15) is 35.6 Å². The number of aromatic nitrogens is 2. The number of thiol groups is 1. The van der Waals surface area contributed by atoms with Crippen molar-refractivity contribution >= 4 is 41.2 Å². The number of rotatable bonds is 5. The summed E-state index contributed by atoms with van der Waals surface area (Å²) in [4.78, 5) is 20.6. The quantitative estimate of drug-likeness (QED) is 0.676. The van der Waals surface area contributed by atoms with E-state index < -0.39 is 0 Å². The molecule has 0 fully saturated rings. The van der Waals surface area contributed by atoms with Gasteiger partial charge < -0.3 is 0 Å². The van der Waals surface area contributed by atoms with Crippen LogP contribution in [0, 0.1) is 0 Å². The zero-order valence-electron chi connectivity index (χ0n) is 11.0. The molecule has 0 radical (unpaired) electrons. The Hall–Kier alpha value is -1.07. The number of benzene rings is 1. The smallest absolute Gasteiger partial charge is 0.159 e. The van der Waals surface area contributed by atoms with Crippen molar-refractivity contribution in [3.8, 4) is 0 Å². The molecular weight excluding hydrogens is 276 g/mol. The SMILES string of the molecule is CCSCc1nc2cc(C(C)=O)ccc2nc1CS. The maximum Gasteiger partial charge on any atom is 0.159 e. The third kappa shape index (κ3) is 3.28. The second-order valence-electron chi connectivity index (χ2n) is 4.17. The van der Waals surface area contributed by atoms with Gasteiger partial charge in [0.25, 0.3) is 0 Å². The van der Waals surface area contributed by atoms with E-state index in [0.29, 0.717) is 11.3 Å². The summed E-state index contributed by atoms with van der Waals surface area (Å²) in [5, 5.41) is 0. The van der Waals surface area contributed by atoms with Crippen molar-refractivity contribution in [1.82, 2.24) is 9.97 Å². The van der Waals surface area contributed by atoms with Crippen LogP contribution in [0.15, 0.2) is 18.2 Å². The lowest BCUT2D eigenvalue weighted by Gasteiger charge is -2.08. The lowest BCUT2D eigenvalue weighted by molar-refractivity contribution is 0.101. The molecule has 1 aromatic heterocycles. The first-order valence-electron chi connectivity index (χ1n) is 6.14. The molecule has 1 heterocycles. The van der Waals surface area contributed by atoms with E-state index in [4.69, 9.17) is 0 Å². The van der Waals surface area contributed by atoms with Crippen LogP contribution in [-0.2, 0) is 11.5 Å². The number of hydrogen-bond acceptors (Lipinski definition) is 5.